The van der Waals surface area contributed by atoms with Crippen LogP contribution in [0.4, 0.5) is 0 Å². The molecule has 5 aliphatic heterocycles. The van der Waals surface area contributed by atoms with Gasteiger partial charge in [0.25, 0.3) is 0 Å². The molecule has 10 heteroatoms. The number of fused-ring (bicyclic) bond motifs is 34. The molecule has 8 nitrogen and oxygen atoms in total. The first-order valence-electron chi connectivity index (χ1n) is 38.3. The van der Waals surface area contributed by atoms with Crippen LogP contribution in [0.1, 0.15) is 96.3 Å². The predicted octanol–water partition coefficient (Wildman–Crippen LogP) is 19.4. The molecule has 501 valence electrons. The molecule has 8 N–H and O–H groups in total. The van der Waals surface area contributed by atoms with E-state index in [1.54, 1.807) is 0 Å². The Morgan fingerprint density at radius 3 is 0.800 bits per heavy atom. The minimum absolute atomic E-state index is 0. The van der Waals surface area contributed by atoms with Crippen molar-refractivity contribution in [2.75, 3.05) is 0 Å². The summed E-state index contributed by atoms with van der Waals surface area (Å²) in [5, 5.41) is 69.2. The van der Waals surface area contributed by atoms with E-state index >= 15 is 0 Å². The standard InChI is InChI=1S/C90H86N8S.Cu/c1-2-12-48-26-53-31-58-36-63-39-64-41-67-44-77-51(29-56(67)34-61(64)38-62(63)35-57(58)30-52(53)25-47(48)11-1)24-23-50-28-55-33-60-37-59-32-54-27-49-13-9-21-80(79(49)46-69(54)43-66(59)40-65(60)42-68(55)45-78(50)77)99-81-22-10-20-76-82(81)90-97-88-75-19-8-7-18-74(75)86(95-88)93-84-71-15-4-3-14-70(71)83(91-84)92-85-72-16-5-6-17-73(72)87(94-85)96-89(76)98-90;/h1-2,9,11-13,21,23-46,70-76,81-98H,3-8,10,14-20,22H2;/q;+2. The molecular weight excluding hydrogens is 1290 g/mol. The number of hydrogen-bond donors (Lipinski definition) is 8. The van der Waals surface area contributed by atoms with E-state index in [2.05, 4.69) is 242 Å². The van der Waals surface area contributed by atoms with Crippen LogP contribution < -0.4 is 42.5 Å². The van der Waals surface area contributed by atoms with Crippen LogP contribution in [0.25, 0.3) is 140 Å². The first kappa shape index (κ1) is 60.6. The van der Waals surface area contributed by atoms with Crippen molar-refractivity contribution in [2.24, 2.45) is 47.3 Å². The average molecular weight is 1380 g/mol. The Balaban J connectivity index is 0.00000637. The molecule has 23 rings (SSSR count). The van der Waals surface area contributed by atoms with Crippen molar-refractivity contribution in [3.05, 3.63) is 188 Å². The summed E-state index contributed by atoms with van der Waals surface area (Å²) in [6.07, 6.45) is 22.3. The number of hydrogen-bond acceptors (Lipinski definition) is 9. The van der Waals surface area contributed by atoms with Gasteiger partial charge in [-0.3, -0.25) is 42.5 Å². The topological polar surface area (TPSA) is 96.2 Å². The van der Waals surface area contributed by atoms with Crippen molar-refractivity contribution < 1.29 is 17.1 Å². The van der Waals surface area contributed by atoms with E-state index in [0.717, 1.165) is 0 Å². The van der Waals surface area contributed by atoms with Gasteiger partial charge < -0.3 is 0 Å². The van der Waals surface area contributed by atoms with Crippen LogP contribution in [-0.2, 0) is 17.1 Å². The van der Waals surface area contributed by atoms with Crippen molar-refractivity contribution in [1.29, 1.82) is 0 Å². The number of nitrogens with one attached hydrogen (secondary N) is 8. The molecule has 0 spiro atoms. The van der Waals surface area contributed by atoms with Crippen LogP contribution in [0.15, 0.2) is 193 Å². The van der Waals surface area contributed by atoms with Crippen molar-refractivity contribution >= 4 is 152 Å². The summed E-state index contributed by atoms with van der Waals surface area (Å²) >= 11 is 2.20. The zero-order chi connectivity index (χ0) is 64.3. The fourth-order valence-electron chi connectivity index (χ4n) is 22.7. The molecule has 17 atom stereocenters. The Hall–Kier alpha value is -6.99. The summed E-state index contributed by atoms with van der Waals surface area (Å²) in [5.41, 5.74) is 0. The van der Waals surface area contributed by atoms with E-state index in [4.69, 9.17) is 0 Å². The molecule has 0 aromatic heterocycles. The molecule has 5 heterocycles. The Morgan fingerprint density at radius 1 is 0.210 bits per heavy atom. The molecule has 4 aliphatic carbocycles. The maximum atomic E-state index is 4.50. The summed E-state index contributed by atoms with van der Waals surface area (Å²) in [5.74, 6) is 4.98. The van der Waals surface area contributed by atoms with Gasteiger partial charge in [0.15, 0.2) is 0 Å². The molecule has 9 aliphatic rings. The molecule has 9 fully saturated rings. The molecule has 4 saturated carbocycles. The molecular formula is C90H86CuN8S+2. The molecule has 14 aromatic carbocycles. The van der Waals surface area contributed by atoms with Crippen molar-refractivity contribution in [3.8, 4) is 0 Å². The first-order valence-corrected chi connectivity index (χ1v) is 39.2. The summed E-state index contributed by atoms with van der Waals surface area (Å²) in [6, 6.07) is 73.9. The van der Waals surface area contributed by atoms with Crippen LogP contribution in [0, 0.1) is 47.3 Å². The summed E-state index contributed by atoms with van der Waals surface area (Å²) in [4.78, 5) is 1.43. The average Bonchev–Trinajstić information content (AvgIpc) is 1.14. The molecule has 17 unspecified atom stereocenters. The van der Waals surface area contributed by atoms with Crippen molar-refractivity contribution in [3.63, 3.8) is 0 Å². The largest absolute Gasteiger partial charge is 2.00 e. The Morgan fingerprint density at radius 2 is 0.460 bits per heavy atom. The molecule has 1 radical (unpaired) electrons. The third-order valence-electron chi connectivity index (χ3n) is 27.4. The van der Waals surface area contributed by atoms with Gasteiger partial charge >= 0.3 is 17.1 Å². The van der Waals surface area contributed by atoms with E-state index in [0.29, 0.717) is 83.4 Å². The smallest absolute Gasteiger partial charge is 0.286 e. The van der Waals surface area contributed by atoms with Gasteiger partial charge in [0.1, 0.15) is 0 Å². The van der Waals surface area contributed by atoms with Gasteiger partial charge in [0.05, 0.1) is 49.3 Å². The zero-order valence-electron chi connectivity index (χ0n) is 56.5. The number of rotatable bonds is 2. The SMILES string of the molecule is [Cu+2].c1ccc2cc3cc4cc5cc6cc7cc8c(ccc9cc%10cc%11cc%12cc%13cc%14cccc(SC%15CCCC%16C%17NC%18NC(NC%19NC(NC%20NC(NC(N%17)C%15%16)C%15CCCCC%20%15)C%15CCCCC%19%15)C%15CCCCC%18%15)c%14cc%13cc%12cc%11cc%10cc98)cc7cc6cc5cc4cc3cc2c1. The number of benzene rings is 14. The van der Waals surface area contributed by atoms with Crippen LogP contribution in [0.5, 0.6) is 0 Å². The minimum Gasteiger partial charge on any atom is -0.286 e. The van der Waals surface area contributed by atoms with Gasteiger partial charge in [-0.2, -0.15) is 0 Å². The quantitative estimate of drug-likeness (QED) is 0.0489. The monoisotopic (exact) mass is 1370 g/mol. The van der Waals surface area contributed by atoms with E-state index in [9.17, 15) is 0 Å². The van der Waals surface area contributed by atoms with Gasteiger partial charge in [-0.25, -0.2) is 0 Å². The van der Waals surface area contributed by atoms with Gasteiger partial charge in [0, 0.05) is 16.1 Å². The molecule has 100 heavy (non-hydrogen) atoms. The maximum absolute atomic E-state index is 4.50. The fourth-order valence-corrected chi connectivity index (χ4v) is 24.2. The second-order valence-corrected chi connectivity index (χ2v) is 33.9. The van der Waals surface area contributed by atoms with Crippen LogP contribution >= 0.6 is 11.8 Å². The minimum atomic E-state index is 0. The van der Waals surface area contributed by atoms with Crippen LogP contribution in [0.2, 0.25) is 0 Å². The third kappa shape index (κ3) is 9.82. The fraction of sp³-hybridized carbons (Fsp3) is 0.356. The van der Waals surface area contributed by atoms with E-state index < -0.39 is 0 Å². The summed E-state index contributed by atoms with van der Waals surface area (Å²) < 4.78 is 0. The van der Waals surface area contributed by atoms with Gasteiger partial charge in [0.2, 0.25) is 0 Å². The van der Waals surface area contributed by atoms with Crippen molar-refractivity contribution in [2.45, 2.75) is 156 Å². The Bertz CT molecular complexity index is 5760. The van der Waals surface area contributed by atoms with Gasteiger partial charge in [-0.15, -0.1) is 11.8 Å². The van der Waals surface area contributed by atoms with Crippen LogP contribution in [0.3, 0.4) is 0 Å². The molecule has 14 aromatic rings. The maximum Gasteiger partial charge on any atom is 2.00 e. The summed E-state index contributed by atoms with van der Waals surface area (Å²) in [6.45, 7) is 0. The second-order valence-electron chi connectivity index (χ2n) is 32.7. The zero-order valence-corrected chi connectivity index (χ0v) is 58.3. The first-order chi connectivity index (χ1) is 48.9. The Kier molecular flexibility index (Phi) is 14.2. The second kappa shape index (κ2) is 23.5. The van der Waals surface area contributed by atoms with E-state index in [1.807, 2.05) is 0 Å². The molecule has 0 amide bonds. The van der Waals surface area contributed by atoms with Crippen molar-refractivity contribution in [1.82, 2.24) is 42.5 Å². The number of thioether (sulfide) groups is 1. The van der Waals surface area contributed by atoms with E-state index in [-0.39, 0.29) is 35.6 Å². The molecule has 8 bridgehead atoms. The van der Waals surface area contributed by atoms with E-state index in [1.165, 1.54) is 241 Å². The normalized spacial score (nSPS) is 31.3. The van der Waals surface area contributed by atoms with Gasteiger partial charge in [-0.05, 0) is 372 Å². The summed E-state index contributed by atoms with van der Waals surface area (Å²) in [7, 11) is 0. The van der Waals surface area contributed by atoms with Gasteiger partial charge in [-0.1, -0.05) is 93.5 Å². The third-order valence-corrected chi connectivity index (χ3v) is 28.8. The molecule has 5 saturated heterocycles. The Labute approximate surface area is 598 Å². The predicted molar refractivity (Wildman–Crippen MR) is 416 cm³/mol. The van der Waals surface area contributed by atoms with Crippen LogP contribution in [-0.4, -0.2) is 54.6 Å².